The zero-order valence-corrected chi connectivity index (χ0v) is 13.2. The van der Waals surface area contributed by atoms with Crippen LogP contribution in [-0.2, 0) is 4.79 Å². The maximum atomic E-state index is 12.4. The van der Waals surface area contributed by atoms with Crippen LogP contribution in [0.3, 0.4) is 0 Å². The molecule has 0 aliphatic rings. The van der Waals surface area contributed by atoms with Gasteiger partial charge in [-0.25, -0.2) is 0 Å². The number of halogens is 1. The molecule has 1 atom stereocenters. The lowest BCUT2D eigenvalue weighted by molar-refractivity contribution is -0.385. The molecule has 0 bridgehead atoms. The predicted octanol–water partition coefficient (Wildman–Crippen LogP) is 2.54. The number of carbonyl (C=O) groups is 2. The van der Waals surface area contributed by atoms with Gasteiger partial charge in [0.1, 0.15) is 0 Å². The van der Waals surface area contributed by atoms with Crippen LogP contribution in [0.15, 0.2) is 22.7 Å². The molecule has 0 spiro atoms. The highest BCUT2D eigenvalue weighted by atomic mass is 79.9. The second kappa shape index (κ2) is 7.16. The van der Waals surface area contributed by atoms with Crippen LogP contribution in [0.5, 0.6) is 0 Å². The molecule has 0 aliphatic carbocycles. The number of aliphatic carboxylic acids is 1. The van der Waals surface area contributed by atoms with E-state index in [-0.39, 0.29) is 17.8 Å². The van der Waals surface area contributed by atoms with Crippen molar-refractivity contribution in [2.75, 3.05) is 13.1 Å². The average molecular weight is 359 g/mol. The summed E-state index contributed by atoms with van der Waals surface area (Å²) < 4.78 is 0.419. The summed E-state index contributed by atoms with van der Waals surface area (Å²) in [5.41, 5.74) is -0.0504. The summed E-state index contributed by atoms with van der Waals surface area (Å²) in [6.07, 6.45) is 0. The monoisotopic (exact) mass is 358 g/mol. The fourth-order valence-corrected chi connectivity index (χ4v) is 2.23. The van der Waals surface area contributed by atoms with Crippen molar-refractivity contribution in [3.05, 3.63) is 38.3 Å². The first-order chi connectivity index (χ1) is 9.76. The van der Waals surface area contributed by atoms with Crippen molar-refractivity contribution in [1.29, 1.82) is 0 Å². The van der Waals surface area contributed by atoms with E-state index in [1.54, 1.807) is 6.92 Å². The van der Waals surface area contributed by atoms with Crippen LogP contribution in [0.2, 0.25) is 0 Å². The Morgan fingerprint density at radius 1 is 1.43 bits per heavy atom. The standard InChI is InChI=1S/C13H15BrN2O5/c1-3-15(7-8(2)13(18)19)12(17)9-4-10(14)6-11(5-9)16(20)21/h4-6,8H,3,7H2,1-2H3,(H,18,19). The Bertz CT molecular complexity index is 576. The van der Waals surface area contributed by atoms with Crippen LogP contribution in [0, 0.1) is 16.0 Å². The van der Waals surface area contributed by atoms with Gasteiger partial charge in [0.05, 0.1) is 10.8 Å². The molecule has 0 heterocycles. The number of nitro benzene ring substituents is 1. The normalized spacial score (nSPS) is 11.8. The van der Waals surface area contributed by atoms with Gasteiger partial charge in [0.25, 0.3) is 11.6 Å². The second-order valence-corrected chi connectivity index (χ2v) is 5.45. The Hall–Kier alpha value is -1.96. The Balaban J connectivity index is 3.05. The van der Waals surface area contributed by atoms with Gasteiger partial charge in [-0.1, -0.05) is 22.9 Å². The van der Waals surface area contributed by atoms with Gasteiger partial charge in [0, 0.05) is 35.3 Å². The molecule has 0 fully saturated rings. The minimum atomic E-state index is -0.999. The minimum absolute atomic E-state index is 0.0466. The number of carboxylic acid groups (broad SMARTS) is 1. The molecule has 1 N–H and O–H groups in total. The van der Waals surface area contributed by atoms with E-state index in [0.29, 0.717) is 11.0 Å². The van der Waals surface area contributed by atoms with E-state index in [1.807, 2.05) is 0 Å². The minimum Gasteiger partial charge on any atom is -0.481 e. The number of carbonyl (C=O) groups excluding carboxylic acids is 1. The number of benzene rings is 1. The molecule has 21 heavy (non-hydrogen) atoms. The Kier molecular flexibility index (Phi) is 5.83. The molecule has 7 nitrogen and oxygen atoms in total. The molecule has 1 rings (SSSR count). The Labute approximate surface area is 129 Å². The summed E-state index contributed by atoms with van der Waals surface area (Å²) >= 11 is 3.13. The topological polar surface area (TPSA) is 101 Å². The first-order valence-electron chi connectivity index (χ1n) is 6.23. The molecular formula is C13H15BrN2O5. The van der Waals surface area contributed by atoms with Crippen molar-refractivity contribution in [1.82, 2.24) is 4.90 Å². The molecule has 1 aromatic rings. The van der Waals surface area contributed by atoms with E-state index in [2.05, 4.69) is 15.9 Å². The highest BCUT2D eigenvalue weighted by Crippen LogP contribution is 2.22. The van der Waals surface area contributed by atoms with Crippen molar-refractivity contribution in [3.8, 4) is 0 Å². The largest absolute Gasteiger partial charge is 0.481 e. The summed E-state index contributed by atoms with van der Waals surface area (Å²) in [6.45, 7) is 3.59. The molecule has 0 saturated heterocycles. The molecule has 1 aromatic carbocycles. The first-order valence-corrected chi connectivity index (χ1v) is 7.02. The summed E-state index contributed by atoms with van der Waals surface area (Å²) in [7, 11) is 0. The van der Waals surface area contributed by atoms with Gasteiger partial charge < -0.3 is 10.0 Å². The highest BCUT2D eigenvalue weighted by Gasteiger charge is 2.22. The van der Waals surface area contributed by atoms with Crippen LogP contribution in [0.4, 0.5) is 5.69 Å². The molecule has 114 valence electrons. The maximum absolute atomic E-state index is 12.4. The van der Waals surface area contributed by atoms with Gasteiger partial charge in [0.15, 0.2) is 0 Å². The smallest absolute Gasteiger partial charge is 0.308 e. The third-order valence-corrected chi connectivity index (χ3v) is 3.38. The van der Waals surface area contributed by atoms with E-state index in [4.69, 9.17) is 5.11 Å². The molecule has 8 heteroatoms. The van der Waals surface area contributed by atoms with E-state index in [0.717, 1.165) is 0 Å². The van der Waals surface area contributed by atoms with Crippen LogP contribution in [0.25, 0.3) is 0 Å². The number of carboxylic acids is 1. The van der Waals surface area contributed by atoms with Crippen molar-refractivity contribution in [2.24, 2.45) is 5.92 Å². The third-order valence-electron chi connectivity index (χ3n) is 2.93. The SMILES string of the molecule is CCN(CC(C)C(=O)O)C(=O)c1cc(Br)cc([N+](=O)[O-])c1. The van der Waals surface area contributed by atoms with Gasteiger partial charge in [0.2, 0.25) is 0 Å². The van der Waals surface area contributed by atoms with Crippen molar-refractivity contribution < 1.29 is 19.6 Å². The van der Waals surface area contributed by atoms with Crippen LogP contribution >= 0.6 is 15.9 Å². The number of non-ortho nitro benzene ring substituents is 1. The van der Waals surface area contributed by atoms with Gasteiger partial charge in [-0.2, -0.15) is 0 Å². The number of hydrogen-bond acceptors (Lipinski definition) is 4. The molecule has 0 saturated carbocycles. The number of nitro groups is 1. The summed E-state index contributed by atoms with van der Waals surface area (Å²) in [5.74, 6) is -2.15. The van der Waals surface area contributed by atoms with Crippen LogP contribution < -0.4 is 0 Å². The first kappa shape index (κ1) is 17.1. The molecule has 0 aliphatic heterocycles. The lowest BCUT2D eigenvalue weighted by Crippen LogP contribution is -2.36. The number of nitrogens with zero attached hydrogens (tertiary/aromatic N) is 2. The fourth-order valence-electron chi connectivity index (χ4n) is 1.75. The molecule has 1 unspecified atom stereocenters. The average Bonchev–Trinajstić information content (AvgIpc) is 2.42. The van der Waals surface area contributed by atoms with Crippen molar-refractivity contribution in [2.45, 2.75) is 13.8 Å². The van der Waals surface area contributed by atoms with Crippen LogP contribution in [-0.4, -0.2) is 39.9 Å². The van der Waals surface area contributed by atoms with E-state index < -0.39 is 22.7 Å². The Morgan fingerprint density at radius 2 is 2.05 bits per heavy atom. The zero-order chi connectivity index (χ0) is 16.2. The van der Waals surface area contributed by atoms with Crippen molar-refractivity contribution in [3.63, 3.8) is 0 Å². The third kappa shape index (κ3) is 4.52. The van der Waals surface area contributed by atoms with Crippen molar-refractivity contribution >= 4 is 33.5 Å². The second-order valence-electron chi connectivity index (χ2n) is 4.54. The summed E-state index contributed by atoms with van der Waals surface area (Å²) in [6, 6.07) is 3.96. The lowest BCUT2D eigenvalue weighted by Gasteiger charge is -2.23. The summed E-state index contributed by atoms with van der Waals surface area (Å²) in [4.78, 5) is 34.8. The fraction of sp³-hybridized carbons (Fsp3) is 0.385. The summed E-state index contributed by atoms with van der Waals surface area (Å²) in [5, 5.41) is 19.7. The lowest BCUT2D eigenvalue weighted by atomic mass is 10.1. The number of rotatable bonds is 6. The van der Waals surface area contributed by atoms with Gasteiger partial charge in [-0.3, -0.25) is 19.7 Å². The number of amides is 1. The molecular weight excluding hydrogens is 344 g/mol. The highest BCUT2D eigenvalue weighted by molar-refractivity contribution is 9.10. The van der Waals surface area contributed by atoms with E-state index in [1.165, 1.54) is 30.0 Å². The maximum Gasteiger partial charge on any atom is 0.308 e. The predicted molar refractivity (Wildman–Crippen MR) is 79.2 cm³/mol. The number of hydrogen-bond donors (Lipinski definition) is 1. The Morgan fingerprint density at radius 3 is 2.52 bits per heavy atom. The van der Waals surface area contributed by atoms with Crippen LogP contribution in [0.1, 0.15) is 24.2 Å². The molecule has 0 aromatic heterocycles. The molecule has 0 radical (unpaired) electrons. The van der Waals surface area contributed by atoms with Gasteiger partial charge in [-0.05, 0) is 13.0 Å². The van der Waals surface area contributed by atoms with Gasteiger partial charge in [-0.15, -0.1) is 0 Å². The van der Waals surface area contributed by atoms with E-state index >= 15 is 0 Å². The van der Waals surface area contributed by atoms with Gasteiger partial charge >= 0.3 is 5.97 Å². The van der Waals surface area contributed by atoms with E-state index in [9.17, 15) is 19.7 Å². The quantitative estimate of drug-likeness (QED) is 0.621. The molecule has 1 amide bonds. The zero-order valence-electron chi connectivity index (χ0n) is 11.6.